The van der Waals surface area contributed by atoms with E-state index in [1.54, 1.807) is 14.2 Å². The van der Waals surface area contributed by atoms with Crippen LogP contribution in [0.2, 0.25) is 5.02 Å². The smallest absolute Gasteiger partial charge is 0.211 e. The molecule has 3 heterocycles. The van der Waals surface area contributed by atoms with E-state index < -0.39 is 0 Å². The minimum atomic E-state index is 0.160. The van der Waals surface area contributed by atoms with Crippen LogP contribution < -0.4 is 14.8 Å². The van der Waals surface area contributed by atoms with Gasteiger partial charge < -0.3 is 19.5 Å². The molecule has 0 amide bonds. The lowest BCUT2D eigenvalue weighted by Gasteiger charge is -2.15. The van der Waals surface area contributed by atoms with Crippen molar-refractivity contribution in [1.29, 1.82) is 0 Å². The molecule has 31 heavy (non-hydrogen) atoms. The number of aromatic nitrogens is 4. The first-order valence-electron chi connectivity index (χ1n) is 10.1. The topological polar surface area (TPSA) is 82.8 Å². The molecule has 1 saturated heterocycles. The summed E-state index contributed by atoms with van der Waals surface area (Å²) in [6.07, 6.45) is 2.26. The van der Waals surface area contributed by atoms with Gasteiger partial charge in [0.1, 0.15) is 0 Å². The van der Waals surface area contributed by atoms with Crippen LogP contribution in [0.4, 0.5) is 5.95 Å². The molecule has 0 saturated carbocycles. The highest BCUT2D eigenvalue weighted by Crippen LogP contribution is 2.34. The number of methoxy groups -OCH3 is 2. The highest BCUT2D eigenvalue weighted by Gasteiger charge is 2.20. The highest BCUT2D eigenvalue weighted by atomic mass is 35.5. The predicted octanol–water partition coefficient (Wildman–Crippen LogP) is 4.21. The lowest BCUT2D eigenvalue weighted by Crippen LogP contribution is -2.20. The maximum Gasteiger partial charge on any atom is 0.211 e. The van der Waals surface area contributed by atoms with Gasteiger partial charge in [-0.1, -0.05) is 11.6 Å². The Morgan fingerprint density at radius 2 is 2.00 bits per heavy atom. The third kappa shape index (κ3) is 3.62. The molecule has 1 N–H and O–H groups in total. The van der Waals surface area contributed by atoms with E-state index in [0.29, 0.717) is 40.5 Å². The van der Waals surface area contributed by atoms with Crippen LogP contribution >= 0.6 is 11.6 Å². The Bertz CT molecular complexity index is 1250. The van der Waals surface area contributed by atoms with E-state index in [4.69, 9.17) is 30.8 Å². The van der Waals surface area contributed by atoms with Crippen LogP contribution in [-0.2, 0) is 4.74 Å². The van der Waals surface area contributed by atoms with Gasteiger partial charge in [0.25, 0.3) is 0 Å². The van der Waals surface area contributed by atoms with Gasteiger partial charge in [0, 0.05) is 29.1 Å². The Labute approximate surface area is 184 Å². The monoisotopic (exact) mass is 439 g/mol. The SMILES string of the molecule is COc1ccc(-c2nnc3c4ccc(Cl)cc4nc(NCC4CCCO4)n23)cc1OC. The minimum absolute atomic E-state index is 0.160. The molecule has 1 aliphatic rings. The van der Waals surface area contributed by atoms with Crippen LogP contribution in [0.25, 0.3) is 27.9 Å². The summed E-state index contributed by atoms with van der Waals surface area (Å²) in [4.78, 5) is 4.84. The van der Waals surface area contributed by atoms with Gasteiger partial charge in [0.2, 0.25) is 5.95 Å². The zero-order chi connectivity index (χ0) is 21.4. The van der Waals surface area contributed by atoms with E-state index in [1.807, 2.05) is 40.8 Å². The summed E-state index contributed by atoms with van der Waals surface area (Å²) in [6.45, 7) is 1.45. The quantitative estimate of drug-likeness (QED) is 0.482. The van der Waals surface area contributed by atoms with Crippen LogP contribution in [0.3, 0.4) is 0 Å². The van der Waals surface area contributed by atoms with Gasteiger partial charge >= 0.3 is 0 Å². The first-order valence-corrected chi connectivity index (χ1v) is 10.5. The summed E-state index contributed by atoms with van der Waals surface area (Å²) in [6, 6.07) is 11.2. The highest BCUT2D eigenvalue weighted by molar-refractivity contribution is 6.31. The van der Waals surface area contributed by atoms with Crippen LogP contribution in [0.15, 0.2) is 36.4 Å². The molecule has 1 aliphatic heterocycles. The van der Waals surface area contributed by atoms with Crippen molar-refractivity contribution in [2.24, 2.45) is 0 Å². The fourth-order valence-electron chi connectivity index (χ4n) is 3.90. The van der Waals surface area contributed by atoms with E-state index in [2.05, 4.69) is 15.5 Å². The molecule has 1 atom stereocenters. The number of fused-ring (bicyclic) bond motifs is 3. The molecule has 0 bridgehead atoms. The Balaban J connectivity index is 1.67. The molecule has 8 nitrogen and oxygen atoms in total. The molecule has 5 rings (SSSR count). The number of hydrogen-bond donors (Lipinski definition) is 1. The third-order valence-electron chi connectivity index (χ3n) is 5.46. The van der Waals surface area contributed by atoms with Gasteiger partial charge in [-0.2, -0.15) is 0 Å². The van der Waals surface area contributed by atoms with Crippen LogP contribution in [0.5, 0.6) is 11.5 Å². The zero-order valence-corrected chi connectivity index (χ0v) is 18.0. The van der Waals surface area contributed by atoms with Crippen molar-refractivity contribution in [3.05, 3.63) is 41.4 Å². The molecular weight excluding hydrogens is 418 g/mol. The lowest BCUT2D eigenvalue weighted by molar-refractivity contribution is 0.120. The van der Waals surface area contributed by atoms with Crippen LogP contribution in [0.1, 0.15) is 12.8 Å². The zero-order valence-electron chi connectivity index (χ0n) is 17.3. The van der Waals surface area contributed by atoms with Crippen molar-refractivity contribution in [2.75, 3.05) is 32.7 Å². The first-order chi connectivity index (χ1) is 15.2. The van der Waals surface area contributed by atoms with Crippen molar-refractivity contribution in [2.45, 2.75) is 18.9 Å². The molecule has 0 aliphatic carbocycles. The third-order valence-corrected chi connectivity index (χ3v) is 5.69. The van der Waals surface area contributed by atoms with Crippen molar-refractivity contribution >= 4 is 34.1 Å². The van der Waals surface area contributed by atoms with Crippen LogP contribution in [0, 0.1) is 0 Å². The number of halogens is 1. The molecule has 0 radical (unpaired) electrons. The van der Waals surface area contributed by atoms with E-state index in [1.165, 1.54) is 0 Å². The molecule has 1 unspecified atom stereocenters. The van der Waals surface area contributed by atoms with E-state index in [9.17, 15) is 0 Å². The molecule has 2 aromatic heterocycles. The van der Waals surface area contributed by atoms with Crippen molar-refractivity contribution in [3.63, 3.8) is 0 Å². The number of rotatable bonds is 6. The summed E-state index contributed by atoms with van der Waals surface area (Å²) in [5.74, 6) is 2.55. The molecule has 1 fully saturated rings. The van der Waals surface area contributed by atoms with Gasteiger partial charge in [-0.3, -0.25) is 0 Å². The van der Waals surface area contributed by atoms with E-state index in [0.717, 1.165) is 35.9 Å². The summed E-state index contributed by atoms with van der Waals surface area (Å²) >= 11 is 6.22. The second-order valence-electron chi connectivity index (χ2n) is 7.37. The summed E-state index contributed by atoms with van der Waals surface area (Å²) < 4.78 is 18.5. The second kappa shape index (κ2) is 8.20. The molecule has 2 aromatic carbocycles. The maximum absolute atomic E-state index is 6.22. The fraction of sp³-hybridized carbons (Fsp3) is 0.318. The predicted molar refractivity (Wildman–Crippen MR) is 119 cm³/mol. The summed E-state index contributed by atoms with van der Waals surface area (Å²) in [5, 5.41) is 13.9. The summed E-state index contributed by atoms with van der Waals surface area (Å²) in [5.41, 5.74) is 2.28. The standard InChI is InChI=1S/C22H22ClN5O3/c1-29-18-8-5-13(10-19(18)30-2)20-26-27-21-16-7-6-14(23)11-17(16)25-22(28(20)21)24-12-15-4-3-9-31-15/h5-8,10-11,15H,3-4,9,12H2,1-2H3,(H,24,25). The number of benzene rings is 2. The Hall–Kier alpha value is -3.10. The number of hydrogen-bond acceptors (Lipinski definition) is 7. The van der Waals surface area contributed by atoms with Gasteiger partial charge in [-0.05, 0) is 49.2 Å². The van der Waals surface area contributed by atoms with Gasteiger partial charge in [0.15, 0.2) is 23.0 Å². The fourth-order valence-corrected chi connectivity index (χ4v) is 4.07. The Morgan fingerprint density at radius 1 is 1.13 bits per heavy atom. The Morgan fingerprint density at radius 3 is 2.77 bits per heavy atom. The molecule has 9 heteroatoms. The normalized spacial score (nSPS) is 16.2. The lowest BCUT2D eigenvalue weighted by atomic mass is 10.2. The molecule has 4 aromatic rings. The first kappa shape index (κ1) is 19.8. The van der Waals surface area contributed by atoms with Gasteiger partial charge in [0.05, 0.1) is 25.8 Å². The average Bonchev–Trinajstić information content (AvgIpc) is 3.47. The van der Waals surface area contributed by atoms with E-state index in [-0.39, 0.29) is 6.10 Å². The maximum atomic E-state index is 6.22. The molecule has 0 spiro atoms. The minimum Gasteiger partial charge on any atom is -0.493 e. The van der Waals surface area contributed by atoms with Crippen LogP contribution in [-0.4, -0.2) is 53.1 Å². The number of ether oxygens (including phenoxy) is 3. The Kier molecular flexibility index (Phi) is 5.25. The van der Waals surface area contributed by atoms with Gasteiger partial charge in [-0.25, -0.2) is 9.38 Å². The number of anilines is 1. The summed E-state index contributed by atoms with van der Waals surface area (Å²) in [7, 11) is 3.22. The van der Waals surface area contributed by atoms with Gasteiger partial charge in [-0.15, -0.1) is 10.2 Å². The number of nitrogens with zero attached hydrogens (tertiary/aromatic N) is 4. The van der Waals surface area contributed by atoms with E-state index >= 15 is 0 Å². The average molecular weight is 440 g/mol. The van der Waals surface area contributed by atoms with Crippen molar-refractivity contribution in [1.82, 2.24) is 19.6 Å². The number of nitrogens with one attached hydrogen (secondary N) is 1. The molecular formula is C22H22ClN5O3. The van der Waals surface area contributed by atoms with Crippen molar-refractivity contribution in [3.8, 4) is 22.9 Å². The molecule has 160 valence electrons. The largest absolute Gasteiger partial charge is 0.493 e. The van der Waals surface area contributed by atoms with Crippen molar-refractivity contribution < 1.29 is 14.2 Å². The second-order valence-corrected chi connectivity index (χ2v) is 7.80.